The number of hydrogen-bond donors (Lipinski definition) is 1. The largest absolute Gasteiger partial charge is 0.492 e. The average molecular weight is 383 g/mol. The Labute approximate surface area is 156 Å². The van der Waals surface area contributed by atoms with E-state index in [4.69, 9.17) is 16.3 Å². The first-order valence-electron chi connectivity index (χ1n) is 8.16. The van der Waals surface area contributed by atoms with E-state index in [1.807, 2.05) is 0 Å². The minimum absolute atomic E-state index is 0.136. The number of likely N-dealkylation sites (N-methyl/N-ethyl adjacent to an activating group) is 1. The number of nitrogens with one attached hydrogen (secondary N) is 1. The Kier molecular flexibility index (Phi) is 7.36. The van der Waals surface area contributed by atoms with Crippen LogP contribution in [0.5, 0.6) is 5.75 Å². The van der Waals surface area contributed by atoms with Gasteiger partial charge in [0, 0.05) is 23.2 Å². The second kappa shape index (κ2) is 9.50. The second-order valence-electron chi connectivity index (χ2n) is 6.00. The molecule has 2 rings (SSSR count). The highest BCUT2D eigenvalue weighted by atomic mass is 35.5. The summed E-state index contributed by atoms with van der Waals surface area (Å²) >= 11 is 5.81. The number of rotatable bonds is 8. The Hall–Kier alpha value is -2.18. The Morgan fingerprint density at radius 3 is 2.58 bits per heavy atom. The van der Waals surface area contributed by atoms with Crippen LogP contribution in [0.15, 0.2) is 42.5 Å². The number of carbonyl (C=O) groups excluding carboxylic acids is 1. The lowest BCUT2D eigenvalue weighted by Crippen LogP contribution is -2.38. The molecule has 0 aliphatic carbocycles. The van der Waals surface area contributed by atoms with Crippen molar-refractivity contribution in [1.29, 1.82) is 0 Å². The number of carbonyl (C=O) groups is 1. The van der Waals surface area contributed by atoms with Crippen LogP contribution < -0.4 is 10.1 Å². The van der Waals surface area contributed by atoms with Crippen LogP contribution in [0.2, 0.25) is 5.02 Å². The molecule has 1 atom stereocenters. The van der Waals surface area contributed by atoms with Gasteiger partial charge in [-0.2, -0.15) is 0 Å². The predicted molar refractivity (Wildman–Crippen MR) is 97.4 cm³/mol. The van der Waals surface area contributed by atoms with E-state index in [0.29, 0.717) is 23.9 Å². The van der Waals surface area contributed by atoms with Gasteiger partial charge in [-0.15, -0.1) is 0 Å². The van der Waals surface area contributed by atoms with Crippen LogP contribution in [0.1, 0.15) is 18.5 Å². The van der Waals surface area contributed by atoms with Gasteiger partial charge in [0.25, 0.3) is 0 Å². The topological polar surface area (TPSA) is 41.6 Å². The second-order valence-corrected chi connectivity index (χ2v) is 6.43. The Morgan fingerprint density at radius 2 is 1.92 bits per heavy atom. The Morgan fingerprint density at radius 1 is 1.23 bits per heavy atom. The van der Waals surface area contributed by atoms with Gasteiger partial charge in [0.2, 0.25) is 5.91 Å². The number of benzene rings is 2. The first-order chi connectivity index (χ1) is 12.3. The first kappa shape index (κ1) is 20.1. The number of halogens is 3. The lowest BCUT2D eigenvalue weighted by molar-refractivity contribution is -0.122. The van der Waals surface area contributed by atoms with Crippen molar-refractivity contribution in [2.75, 3.05) is 26.7 Å². The predicted octanol–water partition coefficient (Wildman–Crippen LogP) is 3.81. The van der Waals surface area contributed by atoms with E-state index in [-0.39, 0.29) is 18.0 Å². The summed E-state index contributed by atoms with van der Waals surface area (Å²) in [6, 6.07) is 9.77. The van der Waals surface area contributed by atoms with E-state index in [9.17, 15) is 13.6 Å². The van der Waals surface area contributed by atoms with Gasteiger partial charge in [-0.25, -0.2) is 8.78 Å². The maximum atomic E-state index is 13.7. The van der Waals surface area contributed by atoms with Crippen molar-refractivity contribution < 1.29 is 18.3 Å². The highest BCUT2D eigenvalue weighted by Crippen LogP contribution is 2.18. The fraction of sp³-hybridized carbons (Fsp3) is 0.316. The molecule has 0 aliphatic heterocycles. The zero-order valence-corrected chi connectivity index (χ0v) is 15.4. The van der Waals surface area contributed by atoms with Gasteiger partial charge in [0.1, 0.15) is 24.0 Å². The molecule has 1 N–H and O–H groups in total. The third-order valence-corrected chi connectivity index (χ3v) is 4.03. The van der Waals surface area contributed by atoms with Gasteiger partial charge in [0.05, 0.1) is 12.6 Å². The van der Waals surface area contributed by atoms with Crippen LogP contribution in [-0.2, 0) is 4.79 Å². The molecule has 2 aromatic carbocycles. The minimum Gasteiger partial charge on any atom is -0.492 e. The molecule has 0 spiro atoms. The van der Waals surface area contributed by atoms with Crippen LogP contribution in [0.4, 0.5) is 8.78 Å². The van der Waals surface area contributed by atoms with Crippen molar-refractivity contribution >= 4 is 17.5 Å². The Bertz CT molecular complexity index is 741. The standard InChI is InChI=1S/C19H21ClF2N2O2/c1-13(17-8-5-15(21)11-18(17)22)23-19(25)12-24(2)9-10-26-16-6-3-14(20)4-7-16/h3-8,11,13H,9-10,12H2,1-2H3,(H,23,25)/t13-/m1/s1. The maximum absolute atomic E-state index is 13.7. The molecule has 0 radical (unpaired) electrons. The molecule has 26 heavy (non-hydrogen) atoms. The van der Waals surface area contributed by atoms with E-state index in [2.05, 4.69) is 5.32 Å². The van der Waals surface area contributed by atoms with E-state index in [1.54, 1.807) is 43.1 Å². The molecule has 0 heterocycles. The first-order valence-corrected chi connectivity index (χ1v) is 8.54. The molecule has 1 amide bonds. The average Bonchev–Trinajstić information content (AvgIpc) is 2.56. The minimum atomic E-state index is -0.678. The molecule has 140 valence electrons. The van der Waals surface area contributed by atoms with Crippen molar-refractivity contribution in [3.8, 4) is 5.75 Å². The van der Waals surface area contributed by atoms with Crippen LogP contribution in [0, 0.1) is 11.6 Å². The number of ether oxygens (including phenoxy) is 1. The van der Waals surface area contributed by atoms with Gasteiger partial charge in [0.15, 0.2) is 0 Å². The molecule has 0 unspecified atom stereocenters. The zero-order chi connectivity index (χ0) is 19.1. The molecule has 0 saturated heterocycles. The number of hydrogen-bond acceptors (Lipinski definition) is 3. The van der Waals surface area contributed by atoms with Crippen molar-refractivity contribution in [3.05, 3.63) is 64.7 Å². The molecule has 2 aromatic rings. The molecule has 0 fully saturated rings. The quantitative estimate of drug-likeness (QED) is 0.755. The fourth-order valence-electron chi connectivity index (χ4n) is 2.39. The van der Waals surface area contributed by atoms with Crippen LogP contribution in [0.3, 0.4) is 0 Å². The summed E-state index contributed by atoms with van der Waals surface area (Å²) in [4.78, 5) is 13.9. The van der Waals surface area contributed by atoms with Gasteiger partial charge < -0.3 is 10.1 Å². The lowest BCUT2D eigenvalue weighted by atomic mass is 10.1. The maximum Gasteiger partial charge on any atom is 0.234 e. The van der Waals surface area contributed by atoms with Crippen molar-refractivity contribution in [3.63, 3.8) is 0 Å². The lowest BCUT2D eigenvalue weighted by Gasteiger charge is -2.19. The van der Waals surface area contributed by atoms with Gasteiger partial charge in [-0.05, 0) is 44.3 Å². The summed E-state index contributed by atoms with van der Waals surface area (Å²) in [5.41, 5.74) is 0.244. The summed E-state index contributed by atoms with van der Waals surface area (Å²) in [6.07, 6.45) is 0. The van der Waals surface area contributed by atoms with Crippen LogP contribution in [-0.4, -0.2) is 37.6 Å². The SMILES string of the molecule is C[C@@H](NC(=O)CN(C)CCOc1ccc(Cl)cc1)c1ccc(F)cc1F. The third kappa shape index (κ3) is 6.28. The molecule has 7 heteroatoms. The molecule has 0 saturated carbocycles. The van der Waals surface area contributed by atoms with E-state index >= 15 is 0 Å². The molecule has 0 aliphatic rings. The molecular formula is C19H21ClF2N2O2. The van der Waals surface area contributed by atoms with Crippen molar-refractivity contribution in [1.82, 2.24) is 10.2 Å². The zero-order valence-electron chi connectivity index (χ0n) is 14.6. The van der Waals surface area contributed by atoms with Crippen molar-refractivity contribution in [2.45, 2.75) is 13.0 Å². The summed E-state index contributed by atoms with van der Waals surface area (Å²) < 4.78 is 32.3. The summed E-state index contributed by atoms with van der Waals surface area (Å²) in [5.74, 6) is -0.879. The molecule has 0 bridgehead atoms. The van der Waals surface area contributed by atoms with E-state index in [1.165, 1.54) is 12.1 Å². The highest BCUT2D eigenvalue weighted by Gasteiger charge is 2.15. The molecule has 4 nitrogen and oxygen atoms in total. The van der Waals surface area contributed by atoms with E-state index in [0.717, 1.165) is 6.07 Å². The monoisotopic (exact) mass is 382 g/mol. The summed E-state index contributed by atoms with van der Waals surface area (Å²) in [7, 11) is 1.79. The summed E-state index contributed by atoms with van der Waals surface area (Å²) in [6.45, 7) is 2.73. The van der Waals surface area contributed by atoms with Crippen LogP contribution >= 0.6 is 11.6 Å². The molecule has 0 aromatic heterocycles. The molecular weight excluding hydrogens is 362 g/mol. The fourth-order valence-corrected chi connectivity index (χ4v) is 2.52. The van der Waals surface area contributed by atoms with Gasteiger partial charge in [-0.3, -0.25) is 9.69 Å². The number of nitrogens with zero attached hydrogens (tertiary/aromatic N) is 1. The number of amides is 1. The normalized spacial score (nSPS) is 12.1. The van der Waals surface area contributed by atoms with Crippen molar-refractivity contribution in [2.24, 2.45) is 0 Å². The van der Waals surface area contributed by atoms with E-state index < -0.39 is 17.7 Å². The van der Waals surface area contributed by atoms with Gasteiger partial charge in [-0.1, -0.05) is 17.7 Å². The smallest absolute Gasteiger partial charge is 0.234 e. The summed E-state index contributed by atoms with van der Waals surface area (Å²) in [5, 5.41) is 3.34. The van der Waals surface area contributed by atoms with Gasteiger partial charge >= 0.3 is 0 Å². The van der Waals surface area contributed by atoms with Crippen LogP contribution in [0.25, 0.3) is 0 Å². The third-order valence-electron chi connectivity index (χ3n) is 3.78. The highest BCUT2D eigenvalue weighted by molar-refractivity contribution is 6.30. The Balaban J connectivity index is 1.74.